The van der Waals surface area contributed by atoms with Crippen LogP contribution in [0.1, 0.15) is 11.1 Å². The molecule has 2 aromatic carbocycles. The molecule has 0 saturated carbocycles. The number of guanidine groups is 1. The molecular weight excluding hydrogens is 495 g/mol. The minimum atomic E-state index is -0.0197. The van der Waals surface area contributed by atoms with E-state index in [0.29, 0.717) is 19.0 Å². The Hall–Kier alpha value is -2.49. The zero-order valence-electron chi connectivity index (χ0n) is 18.0. The summed E-state index contributed by atoms with van der Waals surface area (Å²) in [6.07, 6.45) is 0.773. The first-order valence-corrected chi connectivity index (χ1v) is 9.50. The maximum Gasteiger partial charge on any atom is 0.241 e. The standard InChI is InChI=1S/C22H30N4O3.HI/c1-26(2)21(27)16-25-22(24-15-17-9-11-19(28-3)12-10-17)23-14-13-18-7-5-6-8-20(18)29-4;/h5-12H,13-16H2,1-4H3,(H2,23,24,25);1H. The van der Waals surface area contributed by atoms with Crippen molar-refractivity contribution in [3.8, 4) is 11.5 Å². The number of ether oxygens (including phenoxy) is 2. The van der Waals surface area contributed by atoms with Crippen LogP contribution < -0.4 is 20.1 Å². The predicted molar refractivity (Wildman–Crippen MR) is 131 cm³/mol. The highest BCUT2D eigenvalue weighted by Gasteiger charge is 2.07. The molecule has 7 nitrogen and oxygen atoms in total. The molecule has 0 aliphatic heterocycles. The fourth-order valence-electron chi connectivity index (χ4n) is 2.62. The summed E-state index contributed by atoms with van der Waals surface area (Å²) in [5.41, 5.74) is 2.16. The lowest BCUT2D eigenvalue weighted by molar-refractivity contribution is -0.127. The number of amides is 1. The van der Waals surface area contributed by atoms with Crippen LogP contribution in [-0.2, 0) is 17.8 Å². The van der Waals surface area contributed by atoms with Crippen molar-refractivity contribution in [1.82, 2.24) is 15.5 Å². The molecule has 0 atom stereocenters. The number of carbonyl (C=O) groups excluding carboxylic acids is 1. The van der Waals surface area contributed by atoms with Crippen molar-refractivity contribution in [1.29, 1.82) is 0 Å². The second kappa shape index (κ2) is 13.7. The van der Waals surface area contributed by atoms with Crippen LogP contribution in [-0.4, -0.2) is 58.2 Å². The second-order valence-corrected chi connectivity index (χ2v) is 6.64. The van der Waals surface area contributed by atoms with Crippen molar-refractivity contribution in [2.75, 3.05) is 41.4 Å². The topological polar surface area (TPSA) is 75.2 Å². The Balaban J connectivity index is 0.00000450. The third-order valence-electron chi connectivity index (χ3n) is 4.36. The van der Waals surface area contributed by atoms with Crippen LogP contribution >= 0.6 is 24.0 Å². The summed E-state index contributed by atoms with van der Waals surface area (Å²) in [5, 5.41) is 6.39. The Labute approximate surface area is 195 Å². The van der Waals surface area contributed by atoms with E-state index in [-0.39, 0.29) is 36.4 Å². The largest absolute Gasteiger partial charge is 0.497 e. The monoisotopic (exact) mass is 526 g/mol. The number of hydrogen-bond acceptors (Lipinski definition) is 4. The summed E-state index contributed by atoms with van der Waals surface area (Å²) in [5.74, 6) is 2.24. The van der Waals surface area contributed by atoms with E-state index in [1.54, 1.807) is 33.2 Å². The number of methoxy groups -OCH3 is 2. The van der Waals surface area contributed by atoms with Crippen molar-refractivity contribution in [3.05, 3.63) is 59.7 Å². The summed E-state index contributed by atoms with van der Waals surface area (Å²) < 4.78 is 10.6. The molecule has 0 unspecified atom stereocenters. The summed E-state index contributed by atoms with van der Waals surface area (Å²) in [4.78, 5) is 18.1. The molecule has 1 amide bonds. The quantitative estimate of drug-likeness (QED) is 0.299. The normalized spacial score (nSPS) is 10.6. The van der Waals surface area contributed by atoms with Gasteiger partial charge in [-0.05, 0) is 35.7 Å². The number of rotatable bonds is 9. The minimum Gasteiger partial charge on any atom is -0.497 e. The number of nitrogens with zero attached hydrogens (tertiary/aromatic N) is 2. The van der Waals surface area contributed by atoms with Gasteiger partial charge in [-0.15, -0.1) is 24.0 Å². The van der Waals surface area contributed by atoms with E-state index in [0.717, 1.165) is 29.0 Å². The van der Waals surface area contributed by atoms with Gasteiger partial charge < -0.3 is 25.0 Å². The van der Waals surface area contributed by atoms with Crippen molar-refractivity contribution in [2.45, 2.75) is 13.0 Å². The molecule has 30 heavy (non-hydrogen) atoms. The lowest BCUT2D eigenvalue weighted by Gasteiger charge is -2.15. The molecule has 2 rings (SSSR count). The van der Waals surface area contributed by atoms with Gasteiger partial charge in [0, 0.05) is 20.6 Å². The number of likely N-dealkylation sites (N-methyl/N-ethyl adjacent to an activating group) is 1. The Kier molecular flexibility index (Phi) is 11.7. The van der Waals surface area contributed by atoms with Crippen LogP contribution in [0.15, 0.2) is 53.5 Å². The maximum absolute atomic E-state index is 11.9. The highest BCUT2D eigenvalue weighted by Crippen LogP contribution is 2.17. The molecule has 8 heteroatoms. The zero-order chi connectivity index (χ0) is 21.1. The van der Waals surface area contributed by atoms with Crippen LogP contribution in [0.4, 0.5) is 0 Å². The first-order chi connectivity index (χ1) is 14.0. The molecule has 0 bridgehead atoms. The van der Waals surface area contributed by atoms with Crippen LogP contribution in [0.3, 0.4) is 0 Å². The van der Waals surface area contributed by atoms with Gasteiger partial charge in [0.1, 0.15) is 11.5 Å². The van der Waals surface area contributed by atoms with Crippen molar-refractivity contribution < 1.29 is 14.3 Å². The number of carbonyl (C=O) groups is 1. The molecule has 0 aliphatic rings. The van der Waals surface area contributed by atoms with E-state index in [1.807, 2.05) is 48.5 Å². The van der Waals surface area contributed by atoms with Gasteiger partial charge in [0.05, 0.1) is 27.3 Å². The molecule has 0 radical (unpaired) electrons. The molecular formula is C22H31IN4O3. The second-order valence-electron chi connectivity index (χ2n) is 6.64. The van der Waals surface area contributed by atoms with E-state index in [1.165, 1.54) is 0 Å². The highest BCUT2D eigenvalue weighted by molar-refractivity contribution is 14.0. The average Bonchev–Trinajstić information content (AvgIpc) is 2.75. The van der Waals surface area contributed by atoms with Gasteiger partial charge in [-0.3, -0.25) is 4.79 Å². The first-order valence-electron chi connectivity index (χ1n) is 9.50. The predicted octanol–water partition coefficient (Wildman–Crippen LogP) is 2.69. The summed E-state index contributed by atoms with van der Waals surface area (Å²) in [6, 6.07) is 15.7. The summed E-state index contributed by atoms with van der Waals surface area (Å²) >= 11 is 0. The van der Waals surface area contributed by atoms with Gasteiger partial charge >= 0.3 is 0 Å². The number of nitrogens with one attached hydrogen (secondary N) is 2. The third-order valence-corrected chi connectivity index (χ3v) is 4.36. The number of halogens is 1. The molecule has 0 saturated heterocycles. The smallest absolute Gasteiger partial charge is 0.241 e. The van der Waals surface area contributed by atoms with Crippen LogP contribution in [0.5, 0.6) is 11.5 Å². The fourth-order valence-corrected chi connectivity index (χ4v) is 2.62. The van der Waals surface area contributed by atoms with Crippen LogP contribution in [0.25, 0.3) is 0 Å². The van der Waals surface area contributed by atoms with Crippen molar-refractivity contribution >= 4 is 35.8 Å². The number of para-hydroxylation sites is 1. The lowest BCUT2D eigenvalue weighted by atomic mass is 10.1. The number of aliphatic imine (C=N–C) groups is 1. The molecule has 0 spiro atoms. The van der Waals surface area contributed by atoms with E-state index < -0.39 is 0 Å². The molecule has 0 aromatic heterocycles. The third kappa shape index (κ3) is 8.48. The van der Waals surface area contributed by atoms with Crippen LogP contribution in [0, 0.1) is 0 Å². The Morgan fingerprint density at radius 3 is 2.33 bits per heavy atom. The van der Waals surface area contributed by atoms with Gasteiger partial charge in [0.15, 0.2) is 5.96 Å². The van der Waals surface area contributed by atoms with Gasteiger partial charge in [-0.2, -0.15) is 0 Å². The lowest BCUT2D eigenvalue weighted by Crippen LogP contribution is -2.43. The van der Waals surface area contributed by atoms with Gasteiger partial charge in [0.2, 0.25) is 5.91 Å². The van der Waals surface area contributed by atoms with Gasteiger partial charge in [-0.25, -0.2) is 4.99 Å². The molecule has 164 valence electrons. The SMILES string of the molecule is COc1ccc(CN=C(NCCc2ccccc2OC)NCC(=O)N(C)C)cc1.I. The van der Waals surface area contributed by atoms with E-state index in [2.05, 4.69) is 15.6 Å². The Morgan fingerprint density at radius 2 is 1.70 bits per heavy atom. The Bertz CT molecular complexity index is 810. The molecule has 2 aromatic rings. The van der Waals surface area contributed by atoms with Crippen LogP contribution in [0.2, 0.25) is 0 Å². The Morgan fingerprint density at radius 1 is 1.00 bits per heavy atom. The summed E-state index contributed by atoms with van der Waals surface area (Å²) in [7, 11) is 6.77. The average molecular weight is 526 g/mol. The molecule has 0 heterocycles. The number of hydrogen-bond donors (Lipinski definition) is 2. The van der Waals surface area contributed by atoms with Gasteiger partial charge in [0.25, 0.3) is 0 Å². The molecule has 0 aliphatic carbocycles. The molecule has 2 N–H and O–H groups in total. The van der Waals surface area contributed by atoms with Crippen molar-refractivity contribution in [3.63, 3.8) is 0 Å². The first kappa shape index (κ1) is 25.5. The van der Waals surface area contributed by atoms with E-state index in [4.69, 9.17) is 9.47 Å². The van der Waals surface area contributed by atoms with E-state index >= 15 is 0 Å². The van der Waals surface area contributed by atoms with E-state index in [9.17, 15) is 4.79 Å². The number of benzene rings is 2. The molecule has 0 fully saturated rings. The van der Waals surface area contributed by atoms with Gasteiger partial charge in [-0.1, -0.05) is 30.3 Å². The highest BCUT2D eigenvalue weighted by atomic mass is 127. The fraction of sp³-hybridized carbons (Fsp3) is 0.364. The zero-order valence-corrected chi connectivity index (χ0v) is 20.3. The maximum atomic E-state index is 11.9. The van der Waals surface area contributed by atoms with Crippen molar-refractivity contribution in [2.24, 2.45) is 4.99 Å². The minimum absolute atomic E-state index is 0. The summed E-state index contributed by atoms with van der Waals surface area (Å²) in [6.45, 7) is 1.32.